The van der Waals surface area contributed by atoms with E-state index >= 15 is 0 Å². The Balaban J connectivity index is 1.60. The standard InChI is InChI=1S/C24H28F6N8O4/c1-2-40-12-16-18-19(38(36-16)9-10-41-13-23(25,26)27)20(33-17-3-6-31-14-32-17)35-22(34-18)37-7-4-15(5-8-37)11-42-21(39)24(28,29)30/h3,6,14-15H,2,4-5,7-13H2,1H3,(H,31,32,33,34,35). The minimum atomic E-state index is -5.05. The lowest BCUT2D eigenvalue weighted by Crippen LogP contribution is -2.37. The van der Waals surface area contributed by atoms with Gasteiger partial charge in [-0.2, -0.15) is 36.4 Å². The molecule has 1 aliphatic heterocycles. The van der Waals surface area contributed by atoms with Crippen molar-refractivity contribution in [1.82, 2.24) is 29.7 Å². The molecule has 0 spiro atoms. The van der Waals surface area contributed by atoms with Crippen molar-refractivity contribution in [3.63, 3.8) is 0 Å². The maximum atomic E-state index is 12.6. The van der Waals surface area contributed by atoms with Crippen LogP contribution < -0.4 is 10.2 Å². The summed E-state index contributed by atoms with van der Waals surface area (Å²) >= 11 is 0. The minimum absolute atomic E-state index is 0.0398. The van der Waals surface area contributed by atoms with Gasteiger partial charge in [-0.3, -0.25) is 4.68 Å². The average molecular weight is 607 g/mol. The number of nitrogens with one attached hydrogen (secondary N) is 1. The zero-order valence-electron chi connectivity index (χ0n) is 22.4. The van der Waals surface area contributed by atoms with E-state index in [4.69, 9.17) is 14.5 Å². The Labute approximate surface area is 235 Å². The Morgan fingerprint density at radius 2 is 1.88 bits per heavy atom. The molecule has 4 rings (SSSR count). The molecule has 0 unspecified atom stereocenters. The van der Waals surface area contributed by atoms with Crippen molar-refractivity contribution >= 4 is 34.6 Å². The highest BCUT2D eigenvalue weighted by Crippen LogP contribution is 2.31. The molecule has 0 radical (unpaired) electrons. The Morgan fingerprint density at radius 1 is 1.12 bits per heavy atom. The van der Waals surface area contributed by atoms with Gasteiger partial charge in [0.15, 0.2) is 5.82 Å². The van der Waals surface area contributed by atoms with E-state index in [1.54, 1.807) is 13.0 Å². The molecule has 4 heterocycles. The van der Waals surface area contributed by atoms with Crippen LogP contribution in [0.3, 0.4) is 0 Å². The predicted molar refractivity (Wildman–Crippen MR) is 135 cm³/mol. The molecule has 18 heteroatoms. The molecule has 0 bridgehead atoms. The molecule has 1 N–H and O–H groups in total. The Kier molecular flexibility index (Phi) is 9.97. The number of ether oxygens (including phenoxy) is 3. The van der Waals surface area contributed by atoms with E-state index in [0.29, 0.717) is 55.1 Å². The minimum Gasteiger partial charge on any atom is -0.459 e. The van der Waals surface area contributed by atoms with Crippen LogP contribution in [0.25, 0.3) is 11.0 Å². The number of fused-ring (bicyclic) bond motifs is 1. The molecule has 230 valence electrons. The molecule has 42 heavy (non-hydrogen) atoms. The van der Waals surface area contributed by atoms with E-state index in [1.807, 2.05) is 4.90 Å². The van der Waals surface area contributed by atoms with Crippen LogP contribution in [0.15, 0.2) is 18.6 Å². The van der Waals surface area contributed by atoms with Gasteiger partial charge in [-0.15, -0.1) is 0 Å². The lowest BCUT2D eigenvalue weighted by atomic mass is 9.98. The van der Waals surface area contributed by atoms with Gasteiger partial charge in [0.1, 0.15) is 35.5 Å². The van der Waals surface area contributed by atoms with Crippen molar-refractivity contribution in [3.05, 3.63) is 24.3 Å². The fraction of sp³-hybridized carbons (Fsp3) is 0.583. The highest BCUT2D eigenvalue weighted by Gasteiger charge is 2.41. The van der Waals surface area contributed by atoms with Crippen LogP contribution in [0.4, 0.5) is 43.9 Å². The maximum absolute atomic E-state index is 12.6. The normalized spacial score (nSPS) is 14.9. The first kappa shape index (κ1) is 31.1. The average Bonchev–Trinajstić information content (AvgIpc) is 3.30. The topological polar surface area (TPSA) is 129 Å². The van der Waals surface area contributed by atoms with Crippen LogP contribution in [0.1, 0.15) is 25.5 Å². The zero-order chi connectivity index (χ0) is 30.3. The third-order valence-corrected chi connectivity index (χ3v) is 6.21. The summed E-state index contributed by atoms with van der Waals surface area (Å²) in [5, 5.41) is 7.61. The molecule has 1 aliphatic rings. The molecule has 3 aromatic heterocycles. The van der Waals surface area contributed by atoms with Crippen molar-refractivity contribution in [2.24, 2.45) is 5.92 Å². The second-order valence-corrected chi connectivity index (χ2v) is 9.29. The van der Waals surface area contributed by atoms with Crippen LogP contribution in [0.2, 0.25) is 0 Å². The van der Waals surface area contributed by atoms with Gasteiger partial charge in [-0.05, 0) is 31.7 Å². The first-order valence-corrected chi connectivity index (χ1v) is 13.0. The van der Waals surface area contributed by atoms with Crippen LogP contribution in [0.5, 0.6) is 0 Å². The Morgan fingerprint density at radius 3 is 2.52 bits per heavy atom. The molecule has 0 amide bonds. The fourth-order valence-electron chi connectivity index (χ4n) is 4.22. The van der Waals surface area contributed by atoms with E-state index in [1.165, 1.54) is 17.2 Å². The van der Waals surface area contributed by atoms with Crippen LogP contribution in [0, 0.1) is 5.92 Å². The quantitative estimate of drug-likeness (QED) is 0.184. The van der Waals surface area contributed by atoms with E-state index in [2.05, 4.69) is 30.1 Å². The third kappa shape index (κ3) is 8.37. The molecule has 0 saturated carbocycles. The summed E-state index contributed by atoms with van der Waals surface area (Å²) < 4.78 is 91.3. The smallest absolute Gasteiger partial charge is 0.459 e. The molecule has 1 fully saturated rings. The second kappa shape index (κ2) is 13.5. The highest BCUT2D eigenvalue weighted by molar-refractivity contribution is 5.90. The number of nitrogens with zero attached hydrogens (tertiary/aromatic N) is 7. The molecule has 1 saturated heterocycles. The first-order chi connectivity index (χ1) is 19.9. The number of aromatic nitrogens is 6. The summed E-state index contributed by atoms with van der Waals surface area (Å²) in [6.45, 7) is 0.888. The van der Waals surface area contributed by atoms with E-state index < -0.39 is 24.9 Å². The summed E-state index contributed by atoms with van der Waals surface area (Å²) in [6.07, 6.45) is -5.86. The summed E-state index contributed by atoms with van der Waals surface area (Å²) in [4.78, 5) is 30.3. The summed E-state index contributed by atoms with van der Waals surface area (Å²) in [5.74, 6) is -1.56. The van der Waals surface area contributed by atoms with Crippen LogP contribution in [-0.4, -0.2) is 87.6 Å². The van der Waals surface area contributed by atoms with Gasteiger partial charge in [0, 0.05) is 25.9 Å². The van der Waals surface area contributed by atoms with Crippen LogP contribution >= 0.6 is 0 Å². The largest absolute Gasteiger partial charge is 0.490 e. The number of piperidine rings is 1. The monoisotopic (exact) mass is 606 g/mol. The Bertz CT molecular complexity index is 1330. The van der Waals surface area contributed by atoms with Gasteiger partial charge in [-0.1, -0.05) is 0 Å². The molecular formula is C24H28F6N8O4. The summed E-state index contributed by atoms with van der Waals surface area (Å²) in [7, 11) is 0. The predicted octanol–water partition coefficient (Wildman–Crippen LogP) is 3.80. The zero-order valence-corrected chi connectivity index (χ0v) is 22.4. The van der Waals surface area contributed by atoms with Crippen molar-refractivity contribution in [2.75, 3.05) is 49.7 Å². The number of rotatable bonds is 12. The maximum Gasteiger partial charge on any atom is 0.490 e. The van der Waals surface area contributed by atoms with E-state index in [9.17, 15) is 31.1 Å². The number of carbonyl (C=O) groups is 1. The third-order valence-electron chi connectivity index (χ3n) is 6.21. The highest BCUT2D eigenvalue weighted by atomic mass is 19.4. The lowest BCUT2D eigenvalue weighted by Gasteiger charge is -2.32. The molecule has 0 aliphatic carbocycles. The van der Waals surface area contributed by atoms with Gasteiger partial charge < -0.3 is 24.4 Å². The van der Waals surface area contributed by atoms with E-state index in [-0.39, 0.29) is 44.0 Å². The SMILES string of the molecule is CCOCc1nn(CCOCC(F)(F)F)c2c(Nc3ccncn3)nc(N3CCC(COC(=O)C(F)(F)F)CC3)nc12. The number of anilines is 3. The number of carbonyl (C=O) groups excluding carboxylic acids is 1. The van der Waals surface area contributed by atoms with Crippen molar-refractivity contribution in [3.8, 4) is 0 Å². The summed E-state index contributed by atoms with van der Waals surface area (Å²) in [6, 6.07) is 1.59. The van der Waals surface area contributed by atoms with Gasteiger partial charge in [-0.25, -0.2) is 19.7 Å². The molecule has 3 aromatic rings. The molecule has 0 aromatic carbocycles. The van der Waals surface area contributed by atoms with Gasteiger partial charge in [0.2, 0.25) is 5.95 Å². The van der Waals surface area contributed by atoms with Crippen molar-refractivity contribution in [1.29, 1.82) is 0 Å². The summed E-state index contributed by atoms with van der Waals surface area (Å²) in [5.41, 5.74) is 1.20. The molecule has 0 atom stereocenters. The van der Waals surface area contributed by atoms with Gasteiger partial charge >= 0.3 is 18.3 Å². The fourth-order valence-corrected chi connectivity index (χ4v) is 4.22. The number of esters is 1. The number of hydrogen-bond donors (Lipinski definition) is 1. The van der Waals surface area contributed by atoms with Crippen LogP contribution in [-0.2, 0) is 32.2 Å². The number of halogens is 6. The first-order valence-electron chi connectivity index (χ1n) is 13.0. The molecular weight excluding hydrogens is 578 g/mol. The van der Waals surface area contributed by atoms with Crippen molar-refractivity contribution < 1.29 is 45.3 Å². The van der Waals surface area contributed by atoms with Gasteiger partial charge in [0.25, 0.3) is 0 Å². The lowest BCUT2D eigenvalue weighted by molar-refractivity contribution is -0.201. The number of hydrogen-bond acceptors (Lipinski definition) is 11. The Hall–Kier alpha value is -3.80. The van der Waals surface area contributed by atoms with Crippen molar-refractivity contribution in [2.45, 2.75) is 45.3 Å². The second-order valence-electron chi connectivity index (χ2n) is 9.29. The van der Waals surface area contributed by atoms with E-state index in [0.717, 1.165) is 0 Å². The number of alkyl halides is 6. The molecule has 12 nitrogen and oxygen atoms in total. The van der Waals surface area contributed by atoms with Gasteiger partial charge in [0.05, 0.1) is 26.4 Å².